The monoisotopic (exact) mass is 432 g/mol. The number of para-hydroxylation sites is 1. The van der Waals surface area contributed by atoms with Gasteiger partial charge in [0.15, 0.2) is 0 Å². The molecule has 1 fully saturated rings. The van der Waals surface area contributed by atoms with Crippen LogP contribution in [0.25, 0.3) is 10.9 Å². The van der Waals surface area contributed by atoms with Gasteiger partial charge in [0.1, 0.15) is 0 Å². The molecule has 2 aromatic carbocycles. The number of amides is 2. The highest BCUT2D eigenvalue weighted by atomic mass is 16.5. The third-order valence-corrected chi connectivity index (χ3v) is 6.10. The molecule has 6 nitrogen and oxygen atoms in total. The molecule has 0 spiro atoms. The van der Waals surface area contributed by atoms with E-state index in [4.69, 9.17) is 9.72 Å². The Bertz CT molecular complexity index is 1050. The number of carbonyl (C=O) groups is 1. The molecule has 0 saturated carbocycles. The molecule has 2 atom stereocenters. The van der Waals surface area contributed by atoms with Crippen molar-refractivity contribution in [1.82, 2.24) is 15.2 Å². The van der Waals surface area contributed by atoms with Crippen LogP contribution < -0.4 is 10.6 Å². The van der Waals surface area contributed by atoms with Gasteiger partial charge in [-0.1, -0.05) is 62.4 Å². The van der Waals surface area contributed by atoms with Crippen LogP contribution in [0.1, 0.15) is 36.9 Å². The summed E-state index contributed by atoms with van der Waals surface area (Å²) in [7, 11) is 1.72. The summed E-state index contributed by atoms with van der Waals surface area (Å²) in [4.78, 5) is 20.2. The van der Waals surface area contributed by atoms with E-state index in [9.17, 15) is 4.79 Å². The maximum Gasteiger partial charge on any atom is 0.319 e. The van der Waals surface area contributed by atoms with Gasteiger partial charge >= 0.3 is 6.03 Å². The van der Waals surface area contributed by atoms with Gasteiger partial charge in [-0.25, -0.2) is 4.79 Å². The SMILES string of the molecule is COCCN1C[C@@H](NC(=O)Nc2cc3ccccc3nc2C(C)C)[C@H](c2ccccc2)C1. The zero-order valence-corrected chi connectivity index (χ0v) is 19.0. The first kappa shape index (κ1) is 22.2. The largest absolute Gasteiger partial charge is 0.383 e. The summed E-state index contributed by atoms with van der Waals surface area (Å²) in [6.07, 6.45) is 0. The molecule has 1 aliphatic heterocycles. The number of anilines is 1. The molecular formula is C26H32N4O2. The second kappa shape index (κ2) is 10.1. The standard InChI is InChI=1S/C26H32N4O2/c1-18(2)25-23(15-20-11-7-8-12-22(20)27-25)28-26(31)29-24-17-30(13-14-32-3)16-21(24)19-9-5-4-6-10-19/h4-12,15,18,21,24H,13-14,16-17H2,1-3H3,(H2,28,29,31)/t21-,24+/m0/s1. The van der Waals surface area contributed by atoms with Gasteiger partial charge in [0, 0.05) is 38.0 Å². The van der Waals surface area contributed by atoms with Crippen LogP contribution >= 0.6 is 0 Å². The van der Waals surface area contributed by atoms with Crippen LogP contribution in [-0.4, -0.2) is 55.3 Å². The molecule has 2 N–H and O–H groups in total. The molecule has 2 amide bonds. The van der Waals surface area contributed by atoms with Crippen LogP contribution in [0, 0.1) is 0 Å². The van der Waals surface area contributed by atoms with Gasteiger partial charge < -0.3 is 15.4 Å². The molecule has 0 aliphatic carbocycles. The van der Waals surface area contributed by atoms with Crippen LogP contribution in [-0.2, 0) is 4.74 Å². The predicted molar refractivity (Wildman–Crippen MR) is 129 cm³/mol. The number of ether oxygens (including phenoxy) is 1. The number of aromatic nitrogens is 1. The topological polar surface area (TPSA) is 66.5 Å². The molecule has 2 heterocycles. The molecule has 32 heavy (non-hydrogen) atoms. The van der Waals surface area contributed by atoms with Gasteiger partial charge in [-0.05, 0) is 23.6 Å². The number of hydrogen-bond acceptors (Lipinski definition) is 4. The Labute approximate surface area is 190 Å². The van der Waals surface area contributed by atoms with Crippen LogP contribution in [0.3, 0.4) is 0 Å². The van der Waals surface area contributed by atoms with Gasteiger partial charge in [0.25, 0.3) is 0 Å². The molecule has 0 radical (unpaired) electrons. The minimum absolute atomic E-state index is 0.0187. The van der Waals surface area contributed by atoms with E-state index in [0.717, 1.165) is 41.9 Å². The van der Waals surface area contributed by atoms with Crippen molar-refractivity contribution < 1.29 is 9.53 Å². The smallest absolute Gasteiger partial charge is 0.319 e. The maximum atomic E-state index is 13.1. The second-order valence-electron chi connectivity index (χ2n) is 8.74. The van der Waals surface area contributed by atoms with Gasteiger partial charge in [0.2, 0.25) is 0 Å². The Morgan fingerprint density at radius 2 is 1.88 bits per heavy atom. The third-order valence-electron chi connectivity index (χ3n) is 6.10. The highest BCUT2D eigenvalue weighted by Gasteiger charge is 2.34. The number of benzene rings is 2. The van der Waals surface area contributed by atoms with Crippen molar-refractivity contribution in [2.75, 3.05) is 38.7 Å². The summed E-state index contributed by atoms with van der Waals surface area (Å²) in [5.41, 5.74) is 3.84. The fourth-order valence-corrected chi connectivity index (χ4v) is 4.47. The van der Waals surface area contributed by atoms with Crippen molar-refractivity contribution in [2.24, 2.45) is 0 Å². The Kier molecular flexibility index (Phi) is 7.02. The molecule has 0 bridgehead atoms. The van der Waals surface area contributed by atoms with E-state index in [1.807, 2.05) is 36.4 Å². The van der Waals surface area contributed by atoms with E-state index >= 15 is 0 Å². The summed E-state index contributed by atoms with van der Waals surface area (Å²) >= 11 is 0. The minimum atomic E-state index is -0.191. The first-order chi connectivity index (χ1) is 15.5. The second-order valence-corrected chi connectivity index (χ2v) is 8.74. The lowest BCUT2D eigenvalue weighted by molar-refractivity contribution is 0.159. The molecule has 1 aromatic heterocycles. The molecule has 3 aromatic rings. The highest BCUT2D eigenvalue weighted by molar-refractivity contribution is 5.93. The average Bonchev–Trinajstić information content (AvgIpc) is 3.20. The molecule has 168 valence electrons. The first-order valence-corrected chi connectivity index (χ1v) is 11.3. The van der Waals surface area contributed by atoms with Crippen LogP contribution in [0.4, 0.5) is 10.5 Å². The van der Waals surface area contributed by atoms with E-state index < -0.39 is 0 Å². The lowest BCUT2D eigenvalue weighted by atomic mass is 9.94. The Balaban J connectivity index is 1.52. The molecular weight excluding hydrogens is 400 g/mol. The van der Waals surface area contributed by atoms with E-state index in [-0.39, 0.29) is 23.9 Å². The highest BCUT2D eigenvalue weighted by Crippen LogP contribution is 2.29. The van der Waals surface area contributed by atoms with Crippen molar-refractivity contribution in [3.05, 3.63) is 71.9 Å². The number of rotatable bonds is 7. The van der Waals surface area contributed by atoms with Gasteiger partial charge in [-0.2, -0.15) is 0 Å². The van der Waals surface area contributed by atoms with Crippen molar-refractivity contribution >= 4 is 22.6 Å². The number of nitrogens with zero attached hydrogens (tertiary/aromatic N) is 2. The first-order valence-electron chi connectivity index (χ1n) is 11.3. The van der Waals surface area contributed by atoms with Crippen LogP contribution in [0.15, 0.2) is 60.7 Å². The Morgan fingerprint density at radius 1 is 1.12 bits per heavy atom. The Hall–Kier alpha value is -2.96. The molecule has 6 heteroatoms. The van der Waals surface area contributed by atoms with Crippen molar-refractivity contribution in [3.8, 4) is 0 Å². The van der Waals surface area contributed by atoms with E-state index in [0.29, 0.717) is 6.61 Å². The third kappa shape index (κ3) is 5.09. The summed E-state index contributed by atoms with van der Waals surface area (Å²) in [6.45, 7) is 7.41. The zero-order valence-electron chi connectivity index (χ0n) is 19.0. The summed E-state index contributed by atoms with van der Waals surface area (Å²) < 4.78 is 5.26. The number of pyridine rings is 1. The van der Waals surface area contributed by atoms with Crippen LogP contribution in [0.2, 0.25) is 0 Å². The lowest BCUT2D eigenvalue weighted by Crippen LogP contribution is -2.42. The number of nitrogens with one attached hydrogen (secondary N) is 2. The maximum absolute atomic E-state index is 13.1. The minimum Gasteiger partial charge on any atom is -0.383 e. The normalized spacial score (nSPS) is 18.9. The summed E-state index contributed by atoms with van der Waals surface area (Å²) in [5, 5.41) is 7.34. The fraction of sp³-hybridized carbons (Fsp3) is 0.385. The number of hydrogen-bond donors (Lipinski definition) is 2. The van der Waals surface area contributed by atoms with E-state index in [1.54, 1.807) is 7.11 Å². The number of carbonyl (C=O) groups excluding carboxylic acids is 1. The fourth-order valence-electron chi connectivity index (χ4n) is 4.47. The molecule has 4 rings (SSSR count). The number of likely N-dealkylation sites (tertiary alicyclic amines) is 1. The molecule has 0 unspecified atom stereocenters. The quantitative estimate of drug-likeness (QED) is 0.573. The van der Waals surface area contributed by atoms with Crippen molar-refractivity contribution in [1.29, 1.82) is 0 Å². The summed E-state index contributed by atoms with van der Waals surface area (Å²) in [6, 6.07) is 20.3. The van der Waals surface area contributed by atoms with Crippen molar-refractivity contribution in [2.45, 2.75) is 31.7 Å². The zero-order chi connectivity index (χ0) is 22.5. The van der Waals surface area contributed by atoms with Gasteiger partial charge in [0.05, 0.1) is 29.5 Å². The van der Waals surface area contributed by atoms with Crippen molar-refractivity contribution in [3.63, 3.8) is 0 Å². The van der Waals surface area contributed by atoms with Gasteiger partial charge in [-0.3, -0.25) is 9.88 Å². The predicted octanol–water partition coefficient (Wildman–Crippen LogP) is 4.59. The Morgan fingerprint density at radius 3 is 2.62 bits per heavy atom. The number of urea groups is 1. The lowest BCUT2D eigenvalue weighted by Gasteiger charge is -2.21. The average molecular weight is 433 g/mol. The van der Waals surface area contributed by atoms with Gasteiger partial charge in [-0.15, -0.1) is 0 Å². The molecule has 1 saturated heterocycles. The molecule has 1 aliphatic rings. The van der Waals surface area contributed by atoms with Crippen LogP contribution in [0.5, 0.6) is 0 Å². The number of fused-ring (bicyclic) bond motifs is 1. The van der Waals surface area contributed by atoms with E-state index in [1.165, 1.54) is 5.56 Å². The van der Waals surface area contributed by atoms with E-state index in [2.05, 4.69) is 53.6 Å². The number of methoxy groups -OCH3 is 1. The summed E-state index contributed by atoms with van der Waals surface area (Å²) in [5.74, 6) is 0.432.